The number of hydrogen-bond donors (Lipinski definition) is 2. The van der Waals surface area contributed by atoms with Gasteiger partial charge in [0.1, 0.15) is 0 Å². The molecule has 5 rings (SSSR count). The van der Waals surface area contributed by atoms with Gasteiger partial charge in [0.05, 0.1) is 5.92 Å². The Balaban J connectivity index is 1.45. The van der Waals surface area contributed by atoms with Crippen LogP contribution in [0.15, 0.2) is 49.2 Å². The third-order valence-corrected chi connectivity index (χ3v) is 6.39. The predicted molar refractivity (Wildman–Crippen MR) is 114 cm³/mol. The molecule has 1 amide bonds. The van der Waals surface area contributed by atoms with E-state index in [1.165, 1.54) is 22.0 Å². The van der Waals surface area contributed by atoms with Crippen molar-refractivity contribution in [3.8, 4) is 0 Å². The topological polar surface area (TPSA) is 73.9 Å². The molecule has 6 nitrogen and oxygen atoms in total. The summed E-state index contributed by atoms with van der Waals surface area (Å²) in [7, 11) is 0. The lowest BCUT2D eigenvalue weighted by molar-refractivity contribution is -0.122. The first-order chi connectivity index (χ1) is 14.1. The SMILES string of the molecule is C=CCN1C[C@H](C(=O)Nc2ccc(Cl)nn2)C[C@@H]2c3cccc4[nH]cc(c34)C[C@H]21. The first-order valence-electron chi connectivity index (χ1n) is 9.88. The Hall–Kier alpha value is -2.70. The molecule has 1 aliphatic heterocycles. The fraction of sp³-hybridized carbons (Fsp3) is 0.318. The molecule has 1 saturated heterocycles. The zero-order valence-corrected chi connectivity index (χ0v) is 16.7. The molecule has 2 N–H and O–H groups in total. The standard InChI is InChI=1S/C22H22ClN5O/c1-2-8-28-12-14(22(29)25-20-7-6-19(23)26-27-20)9-16-15-4-3-5-17-21(15)13(11-24-17)10-18(16)28/h2-7,11,14,16,18,24H,1,8-10,12H2,(H,25,27,29)/t14-,16-,18-/m1/s1. The van der Waals surface area contributed by atoms with Crippen LogP contribution >= 0.6 is 11.6 Å². The van der Waals surface area contributed by atoms with Gasteiger partial charge in [-0.25, -0.2) is 0 Å². The molecule has 7 heteroatoms. The van der Waals surface area contributed by atoms with Gasteiger partial charge < -0.3 is 10.3 Å². The lowest BCUT2D eigenvalue weighted by Crippen LogP contribution is -2.52. The summed E-state index contributed by atoms with van der Waals surface area (Å²) < 4.78 is 0. The van der Waals surface area contributed by atoms with E-state index in [0.29, 0.717) is 29.5 Å². The molecule has 29 heavy (non-hydrogen) atoms. The molecule has 2 aromatic heterocycles. The molecule has 1 aromatic carbocycles. The van der Waals surface area contributed by atoms with Crippen LogP contribution in [0.5, 0.6) is 0 Å². The number of fused-ring (bicyclic) bond motifs is 2. The second-order valence-electron chi connectivity index (χ2n) is 7.87. The van der Waals surface area contributed by atoms with Crippen LogP contribution in [0.25, 0.3) is 10.9 Å². The molecule has 148 valence electrons. The van der Waals surface area contributed by atoms with Crippen LogP contribution in [0.3, 0.4) is 0 Å². The lowest BCUT2D eigenvalue weighted by atomic mass is 9.72. The van der Waals surface area contributed by atoms with E-state index in [2.05, 4.69) is 56.4 Å². The Kier molecular flexibility index (Phi) is 4.60. The van der Waals surface area contributed by atoms with Crippen LogP contribution in [0.2, 0.25) is 5.15 Å². The van der Waals surface area contributed by atoms with Crippen molar-refractivity contribution in [2.75, 3.05) is 18.4 Å². The number of anilines is 1. The highest BCUT2D eigenvalue weighted by atomic mass is 35.5. The Morgan fingerprint density at radius 1 is 1.34 bits per heavy atom. The molecular formula is C22H22ClN5O. The van der Waals surface area contributed by atoms with E-state index in [0.717, 1.165) is 19.4 Å². The average molecular weight is 408 g/mol. The summed E-state index contributed by atoms with van der Waals surface area (Å²) in [5.74, 6) is 0.573. The van der Waals surface area contributed by atoms with E-state index >= 15 is 0 Å². The zero-order chi connectivity index (χ0) is 20.0. The predicted octanol–water partition coefficient (Wildman–Crippen LogP) is 3.77. The number of carbonyl (C=O) groups excluding carboxylic acids is 1. The number of carbonyl (C=O) groups is 1. The van der Waals surface area contributed by atoms with E-state index < -0.39 is 0 Å². The minimum absolute atomic E-state index is 0.0267. The number of hydrogen-bond acceptors (Lipinski definition) is 4. The van der Waals surface area contributed by atoms with Crippen LogP contribution in [0.4, 0.5) is 5.82 Å². The number of benzene rings is 1. The second kappa shape index (κ2) is 7.28. The van der Waals surface area contributed by atoms with Crippen LogP contribution < -0.4 is 5.32 Å². The summed E-state index contributed by atoms with van der Waals surface area (Å²) in [4.78, 5) is 18.8. The summed E-state index contributed by atoms with van der Waals surface area (Å²) in [6, 6.07) is 10.1. The quantitative estimate of drug-likeness (QED) is 0.646. The molecule has 1 aliphatic carbocycles. The van der Waals surface area contributed by atoms with Crippen LogP contribution in [-0.2, 0) is 11.2 Å². The number of halogens is 1. The number of aromatic amines is 1. The Bertz CT molecular complexity index is 1080. The van der Waals surface area contributed by atoms with Crippen molar-refractivity contribution in [2.45, 2.75) is 24.8 Å². The van der Waals surface area contributed by atoms with E-state index in [1.807, 2.05) is 6.08 Å². The molecule has 1 fully saturated rings. The summed E-state index contributed by atoms with van der Waals surface area (Å²) in [6.45, 7) is 5.40. The molecule has 3 atom stereocenters. The van der Waals surface area contributed by atoms with Crippen LogP contribution in [0.1, 0.15) is 23.5 Å². The molecule has 3 heterocycles. The number of aromatic nitrogens is 3. The third-order valence-electron chi connectivity index (χ3n) is 6.19. The van der Waals surface area contributed by atoms with Crippen molar-refractivity contribution >= 4 is 34.2 Å². The normalized spacial score (nSPS) is 23.6. The fourth-order valence-corrected chi connectivity index (χ4v) is 5.08. The molecule has 0 saturated carbocycles. The van der Waals surface area contributed by atoms with Gasteiger partial charge in [0.2, 0.25) is 5.91 Å². The molecule has 0 radical (unpaired) electrons. The van der Waals surface area contributed by atoms with Gasteiger partial charge in [-0.15, -0.1) is 16.8 Å². The Morgan fingerprint density at radius 3 is 3.03 bits per heavy atom. The molecule has 2 aliphatic rings. The number of H-pyrrole nitrogens is 1. The second-order valence-corrected chi connectivity index (χ2v) is 8.25. The maximum atomic E-state index is 13.0. The Labute approximate surface area is 174 Å². The van der Waals surface area contributed by atoms with Gasteiger partial charge in [0.25, 0.3) is 0 Å². The molecule has 3 aromatic rings. The van der Waals surface area contributed by atoms with Gasteiger partial charge in [-0.2, -0.15) is 0 Å². The fourth-order valence-electron chi connectivity index (χ4n) is 4.97. The van der Waals surface area contributed by atoms with Crippen molar-refractivity contribution in [3.63, 3.8) is 0 Å². The minimum Gasteiger partial charge on any atom is -0.361 e. The lowest BCUT2D eigenvalue weighted by Gasteiger charge is -2.46. The van der Waals surface area contributed by atoms with Crippen molar-refractivity contribution in [1.82, 2.24) is 20.1 Å². The molecule has 0 unspecified atom stereocenters. The van der Waals surface area contributed by atoms with E-state index in [9.17, 15) is 4.79 Å². The zero-order valence-electron chi connectivity index (χ0n) is 15.9. The highest BCUT2D eigenvalue weighted by Gasteiger charge is 2.42. The van der Waals surface area contributed by atoms with Gasteiger partial charge in [-0.1, -0.05) is 29.8 Å². The molecular weight excluding hydrogens is 386 g/mol. The van der Waals surface area contributed by atoms with Crippen molar-refractivity contribution in [3.05, 3.63) is 65.5 Å². The summed E-state index contributed by atoms with van der Waals surface area (Å²) in [6.07, 6.45) is 5.87. The number of likely N-dealkylation sites (tertiary alicyclic amines) is 1. The summed E-state index contributed by atoms with van der Waals surface area (Å²) >= 11 is 5.79. The highest BCUT2D eigenvalue weighted by molar-refractivity contribution is 6.29. The van der Waals surface area contributed by atoms with Crippen LogP contribution in [-0.4, -0.2) is 45.1 Å². The molecule has 0 bridgehead atoms. The highest BCUT2D eigenvalue weighted by Crippen LogP contribution is 2.44. The van der Waals surface area contributed by atoms with Gasteiger partial charge in [-0.05, 0) is 42.2 Å². The monoisotopic (exact) mass is 407 g/mol. The number of rotatable bonds is 4. The summed E-state index contributed by atoms with van der Waals surface area (Å²) in [5, 5.41) is 12.3. The first kappa shape index (κ1) is 18.3. The number of nitrogens with one attached hydrogen (secondary N) is 2. The van der Waals surface area contributed by atoms with E-state index in [4.69, 9.17) is 11.6 Å². The van der Waals surface area contributed by atoms with Crippen LogP contribution in [0, 0.1) is 5.92 Å². The smallest absolute Gasteiger partial charge is 0.230 e. The minimum atomic E-state index is -0.135. The molecule has 0 spiro atoms. The van der Waals surface area contributed by atoms with Gasteiger partial charge in [0.15, 0.2) is 11.0 Å². The Morgan fingerprint density at radius 2 is 2.24 bits per heavy atom. The number of nitrogens with zero attached hydrogens (tertiary/aromatic N) is 3. The third kappa shape index (κ3) is 3.22. The van der Waals surface area contributed by atoms with Crippen molar-refractivity contribution in [2.24, 2.45) is 5.92 Å². The first-order valence-corrected chi connectivity index (χ1v) is 10.3. The number of amides is 1. The van der Waals surface area contributed by atoms with Gasteiger partial charge in [-0.3, -0.25) is 9.69 Å². The largest absolute Gasteiger partial charge is 0.361 e. The maximum absolute atomic E-state index is 13.0. The van der Waals surface area contributed by atoms with E-state index in [1.54, 1.807) is 12.1 Å². The average Bonchev–Trinajstić information content (AvgIpc) is 3.15. The van der Waals surface area contributed by atoms with Gasteiger partial charge in [0, 0.05) is 42.1 Å². The summed E-state index contributed by atoms with van der Waals surface area (Å²) in [5.41, 5.74) is 3.88. The van der Waals surface area contributed by atoms with Crippen molar-refractivity contribution in [1.29, 1.82) is 0 Å². The van der Waals surface area contributed by atoms with Crippen molar-refractivity contribution < 1.29 is 4.79 Å². The maximum Gasteiger partial charge on any atom is 0.230 e. The van der Waals surface area contributed by atoms with E-state index in [-0.39, 0.29) is 11.8 Å². The number of piperidine rings is 1. The van der Waals surface area contributed by atoms with Gasteiger partial charge >= 0.3 is 0 Å².